The molecule has 27 heavy (non-hydrogen) atoms. The minimum atomic E-state index is -1.44. The van der Waals surface area contributed by atoms with Gasteiger partial charge in [0.25, 0.3) is 0 Å². The van der Waals surface area contributed by atoms with Gasteiger partial charge in [-0.2, -0.15) is 0 Å². The molecule has 0 saturated heterocycles. The highest BCUT2D eigenvalue weighted by Gasteiger charge is 2.19. The molecule has 0 spiro atoms. The molecular formula is C24H25F3. The zero-order chi connectivity index (χ0) is 19.2. The predicted octanol–water partition coefficient (Wildman–Crippen LogP) is 7.12. The summed E-state index contributed by atoms with van der Waals surface area (Å²) in [7, 11) is 0. The summed E-state index contributed by atoms with van der Waals surface area (Å²) in [6, 6.07) is 9.23. The Labute approximate surface area is 159 Å². The molecule has 0 unspecified atom stereocenters. The molecule has 142 valence electrons. The van der Waals surface area contributed by atoms with E-state index in [4.69, 9.17) is 0 Å². The van der Waals surface area contributed by atoms with E-state index in [0.29, 0.717) is 17.0 Å². The first-order valence-corrected chi connectivity index (χ1v) is 9.83. The summed E-state index contributed by atoms with van der Waals surface area (Å²) in [5, 5.41) is 0. The van der Waals surface area contributed by atoms with Crippen LogP contribution in [0.3, 0.4) is 0 Å². The molecule has 0 atom stereocenters. The number of rotatable bonds is 4. The maximum Gasteiger partial charge on any atom is 0.194 e. The van der Waals surface area contributed by atoms with E-state index in [0.717, 1.165) is 23.6 Å². The summed E-state index contributed by atoms with van der Waals surface area (Å²) in [6.45, 7) is 2.24. The molecule has 0 heterocycles. The van der Waals surface area contributed by atoms with Crippen molar-refractivity contribution in [2.75, 3.05) is 0 Å². The summed E-state index contributed by atoms with van der Waals surface area (Å²) < 4.78 is 39.9. The lowest BCUT2D eigenvalue weighted by Crippen LogP contribution is -2.13. The smallest absolute Gasteiger partial charge is 0.194 e. The van der Waals surface area contributed by atoms with Gasteiger partial charge in [-0.25, -0.2) is 13.2 Å². The summed E-state index contributed by atoms with van der Waals surface area (Å²) in [6.07, 6.45) is 8.85. The molecule has 1 aliphatic rings. The number of halogens is 3. The van der Waals surface area contributed by atoms with Crippen molar-refractivity contribution in [1.29, 1.82) is 0 Å². The molecule has 0 radical (unpaired) electrons. The van der Waals surface area contributed by atoms with Crippen molar-refractivity contribution in [3.63, 3.8) is 0 Å². The Bertz CT molecular complexity index is 796. The fourth-order valence-electron chi connectivity index (χ4n) is 3.74. The van der Waals surface area contributed by atoms with E-state index in [-0.39, 0.29) is 0 Å². The van der Waals surface area contributed by atoms with Crippen LogP contribution in [0.2, 0.25) is 0 Å². The van der Waals surface area contributed by atoms with Gasteiger partial charge in [0.2, 0.25) is 0 Å². The largest absolute Gasteiger partial charge is 0.204 e. The SMILES string of the molecule is CCCC[C@H]1CC[C@H](C#Cc2ccc(-c3cc(F)c(F)c(F)c3)cc2)CC1. The first-order valence-electron chi connectivity index (χ1n) is 9.83. The van der Waals surface area contributed by atoms with Crippen LogP contribution in [0.5, 0.6) is 0 Å². The maximum absolute atomic E-state index is 13.4. The third-order valence-electron chi connectivity index (χ3n) is 5.44. The zero-order valence-corrected chi connectivity index (χ0v) is 15.7. The normalized spacial score (nSPS) is 19.4. The van der Waals surface area contributed by atoms with E-state index in [1.165, 1.54) is 44.9 Å². The second-order valence-corrected chi connectivity index (χ2v) is 7.46. The Morgan fingerprint density at radius 1 is 0.889 bits per heavy atom. The van der Waals surface area contributed by atoms with Crippen LogP contribution in [0.15, 0.2) is 36.4 Å². The van der Waals surface area contributed by atoms with Crippen LogP contribution < -0.4 is 0 Å². The molecule has 0 aromatic heterocycles. The monoisotopic (exact) mass is 370 g/mol. The predicted molar refractivity (Wildman–Crippen MR) is 104 cm³/mol. The molecule has 2 aromatic carbocycles. The van der Waals surface area contributed by atoms with Gasteiger partial charge in [-0.3, -0.25) is 0 Å². The van der Waals surface area contributed by atoms with Crippen molar-refractivity contribution in [3.05, 3.63) is 59.4 Å². The van der Waals surface area contributed by atoms with Crippen LogP contribution >= 0.6 is 0 Å². The van der Waals surface area contributed by atoms with Crippen LogP contribution in [0.1, 0.15) is 57.4 Å². The third kappa shape index (κ3) is 5.16. The molecule has 0 aliphatic heterocycles. The summed E-state index contributed by atoms with van der Waals surface area (Å²) in [4.78, 5) is 0. The van der Waals surface area contributed by atoms with E-state index in [1.54, 1.807) is 12.1 Å². The number of unbranched alkanes of at least 4 members (excludes halogenated alkanes) is 1. The van der Waals surface area contributed by atoms with Crippen LogP contribution in [0, 0.1) is 41.1 Å². The fraction of sp³-hybridized carbons (Fsp3) is 0.417. The molecule has 2 aromatic rings. The Hall–Kier alpha value is -2.21. The quantitative estimate of drug-likeness (QED) is 0.397. The molecule has 1 saturated carbocycles. The standard InChI is InChI=1S/C24H25F3/c1-2-3-4-17-5-7-18(8-6-17)9-10-19-11-13-20(14-12-19)21-15-22(25)24(27)23(26)16-21/h11-18H,2-8H2,1H3/t17-,18-. The van der Waals surface area contributed by atoms with Crippen LogP contribution in [-0.4, -0.2) is 0 Å². The number of hydrogen-bond acceptors (Lipinski definition) is 0. The van der Waals surface area contributed by atoms with Gasteiger partial charge in [0, 0.05) is 11.5 Å². The van der Waals surface area contributed by atoms with Crippen molar-refractivity contribution in [2.45, 2.75) is 51.9 Å². The van der Waals surface area contributed by atoms with Gasteiger partial charge in [0.05, 0.1) is 0 Å². The zero-order valence-electron chi connectivity index (χ0n) is 15.7. The highest BCUT2D eigenvalue weighted by atomic mass is 19.2. The lowest BCUT2D eigenvalue weighted by Gasteiger charge is -2.25. The molecule has 0 nitrogen and oxygen atoms in total. The Morgan fingerprint density at radius 2 is 1.52 bits per heavy atom. The topological polar surface area (TPSA) is 0 Å². The lowest BCUT2D eigenvalue weighted by molar-refractivity contribution is 0.296. The van der Waals surface area contributed by atoms with E-state index in [9.17, 15) is 13.2 Å². The fourth-order valence-corrected chi connectivity index (χ4v) is 3.74. The lowest BCUT2D eigenvalue weighted by atomic mass is 9.80. The minimum absolute atomic E-state index is 0.316. The molecule has 0 bridgehead atoms. The molecule has 1 fully saturated rings. The van der Waals surface area contributed by atoms with Crippen molar-refractivity contribution in [2.24, 2.45) is 11.8 Å². The van der Waals surface area contributed by atoms with Gasteiger partial charge in [-0.05, 0) is 67.0 Å². The average Bonchev–Trinajstić information content (AvgIpc) is 2.69. The first kappa shape index (κ1) is 19.5. The Kier molecular flexibility index (Phi) is 6.61. The van der Waals surface area contributed by atoms with Crippen molar-refractivity contribution >= 4 is 0 Å². The van der Waals surface area contributed by atoms with Crippen LogP contribution in [0.25, 0.3) is 11.1 Å². The third-order valence-corrected chi connectivity index (χ3v) is 5.44. The van der Waals surface area contributed by atoms with Crippen LogP contribution in [0.4, 0.5) is 13.2 Å². The summed E-state index contributed by atoms with van der Waals surface area (Å²) in [5.41, 5.74) is 1.83. The van der Waals surface area contributed by atoms with Gasteiger partial charge in [0.15, 0.2) is 17.5 Å². The van der Waals surface area contributed by atoms with Crippen LogP contribution in [-0.2, 0) is 0 Å². The Morgan fingerprint density at radius 3 is 2.11 bits per heavy atom. The summed E-state index contributed by atoms with van der Waals surface area (Å²) >= 11 is 0. The average molecular weight is 370 g/mol. The van der Waals surface area contributed by atoms with Crippen molar-refractivity contribution in [1.82, 2.24) is 0 Å². The van der Waals surface area contributed by atoms with E-state index < -0.39 is 17.5 Å². The van der Waals surface area contributed by atoms with E-state index in [1.807, 2.05) is 12.1 Å². The second kappa shape index (κ2) is 9.13. The van der Waals surface area contributed by atoms with Crippen molar-refractivity contribution < 1.29 is 13.2 Å². The molecule has 1 aliphatic carbocycles. The Balaban J connectivity index is 1.62. The number of hydrogen-bond donors (Lipinski definition) is 0. The number of benzene rings is 2. The van der Waals surface area contributed by atoms with E-state index in [2.05, 4.69) is 18.8 Å². The van der Waals surface area contributed by atoms with E-state index >= 15 is 0 Å². The molecular weight excluding hydrogens is 345 g/mol. The van der Waals surface area contributed by atoms with Gasteiger partial charge >= 0.3 is 0 Å². The molecule has 3 rings (SSSR count). The highest BCUT2D eigenvalue weighted by Crippen LogP contribution is 2.31. The van der Waals surface area contributed by atoms with Gasteiger partial charge in [-0.15, -0.1) is 0 Å². The summed E-state index contributed by atoms with van der Waals surface area (Å²) in [5.74, 6) is 4.15. The molecule has 0 amide bonds. The first-order chi connectivity index (χ1) is 13.1. The minimum Gasteiger partial charge on any atom is -0.204 e. The van der Waals surface area contributed by atoms with Gasteiger partial charge in [-0.1, -0.05) is 50.2 Å². The van der Waals surface area contributed by atoms with Gasteiger partial charge < -0.3 is 0 Å². The van der Waals surface area contributed by atoms with Gasteiger partial charge in [0.1, 0.15) is 0 Å². The second-order valence-electron chi connectivity index (χ2n) is 7.46. The molecule has 0 N–H and O–H groups in total. The highest BCUT2D eigenvalue weighted by molar-refractivity contribution is 5.64. The van der Waals surface area contributed by atoms with Crippen molar-refractivity contribution in [3.8, 4) is 23.0 Å². The maximum atomic E-state index is 13.4. The molecule has 3 heteroatoms.